The van der Waals surface area contributed by atoms with Crippen LogP contribution in [-0.4, -0.2) is 69.7 Å². The summed E-state index contributed by atoms with van der Waals surface area (Å²) in [5.74, 6) is -0.280. The van der Waals surface area contributed by atoms with Crippen molar-refractivity contribution in [2.45, 2.75) is 18.5 Å². The Morgan fingerprint density at radius 3 is 2.41 bits per heavy atom. The molecule has 0 saturated carbocycles. The molecule has 0 bridgehead atoms. The van der Waals surface area contributed by atoms with Gasteiger partial charge in [-0.2, -0.15) is 5.10 Å². The maximum Gasteiger partial charge on any atom is 0.253 e. The Kier molecular flexibility index (Phi) is 5.96. The maximum absolute atomic E-state index is 13.8. The van der Waals surface area contributed by atoms with E-state index in [2.05, 4.69) is 10.4 Å². The van der Waals surface area contributed by atoms with E-state index in [1.54, 1.807) is 10.7 Å². The Morgan fingerprint density at radius 2 is 1.62 bits per heavy atom. The second-order valence-electron chi connectivity index (χ2n) is 9.89. The first-order chi connectivity index (χ1) is 18.0. The molecule has 2 saturated heterocycles. The molecular formula is C29H28FN5O2. The molecule has 2 amide bonds. The van der Waals surface area contributed by atoms with Crippen LogP contribution in [0.25, 0.3) is 22.2 Å². The van der Waals surface area contributed by atoms with Crippen LogP contribution in [0.4, 0.5) is 4.39 Å². The first kappa shape index (κ1) is 23.4. The van der Waals surface area contributed by atoms with Gasteiger partial charge in [-0.05, 0) is 48.9 Å². The number of benzene rings is 3. The number of aromatic nitrogens is 2. The number of likely N-dealkylation sites (tertiary alicyclic amines) is 2. The Labute approximate surface area is 214 Å². The van der Waals surface area contributed by atoms with Gasteiger partial charge in [-0.25, -0.2) is 4.39 Å². The predicted octanol–water partition coefficient (Wildman–Crippen LogP) is 3.71. The molecule has 1 atom stereocenters. The second kappa shape index (κ2) is 9.44. The summed E-state index contributed by atoms with van der Waals surface area (Å²) in [4.78, 5) is 29.7. The molecule has 0 spiro atoms. The third-order valence-corrected chi connectivity index (χ3v) is 7.33. The Bertz CT molecular complexity index is 1480. The van der Waals surface area contributed by atoms with Crippen molar-refractivity contribution in [3.8, 4) is 11.3 Å². The van der Waals surface area contributed by atoms with Gasteiger partial charge in [0, 0.05) is 67.4 Å². The van der Waals surface area contributed by atoms with Crippen LogP contribution in [0.3, 0.4) is 0 Å². The lowest BCUT2D eigenvalue weighted by molar-refractivity contribution is 0.0553. The highest BCUT2D eigenvalue weighted by Crippen LogP contribution is 2.29. The molecule has 6 rings (SSSR count). The molecule has 3 heterocycles. The van der Waals surface area contributed by atoms with E-state index in [0.29, 0.717) is 36.5 Å². The molecule has 0 aliphatic carbocycles. The van der Waals surface area contributed by atoms with Gasteiger partial charge in [-0.1, -0.05) is 30.3 Å². The molecule has 2 aliphatic heterocycles. The molecule has 1 aromatic heterocycles. The summed E-state index contributed by atoms with van der Waals surface area (Å²) in [7, 11) is 1.84. The molecule has 2 aliphatic rings. The van der Waals surface area contributed by atoms with E-state index in [9.17, 15) is 14.0 Å². The zero-order chi connectivity index (χ0) is 25.5. The summed E-state index contributed by atoms with van der Waals surface area (Å²) in [6, 6.07) is 21.7. The number of hydrogen-bond acceptors (Lipinski definition) is 4. The largest absolute Gasteiger partial charge is 0.337 e. The molecule has 8 heteroatoms. The highest BCUT2D eigenvalue weighted by atomic mass is 19.1. The fourth-order valence-corrected chi connectivity index (χ4v) is 5.36. The number of carbonyl (C=O) groups is 2. The van der Waals surface area contributed by atoms with Crippen LogP contribution in [-0.2, 0) is 7.05 Å². The van der Waals surface area contributed by atoms with Gasteiger partial charge in [0.05, 0.1) is 5.52 Å². The van der Waals surface area contributed by atoms with Crippen molar-refractivity contribution in [1.29, 1.82) is 0 Å². The van der Waals surface area contributed by atoms with Crippen LogP contribution in [0.5, 0.6) is 0 Å². The lowest BCUT2D eigenvalue weighted by Gasteiger charge is -2.41. The number of aryl methyl sites for hydroxylation is 1. The highest BCUT2D eigenvalue weighted by Gasteiger charge is 2.35. The van der Waals surface area contributed by atoms with E-state index in [4.69, 9.17) is 0 Å². The van der Waals surface area contributed by atoms with Crippen LogP contribution >= 0.6 is 0 Å². The van der Waals surface area contributed by atoms with Crippen molar-refractivity contribution in [3.05, 3.63) is 89.7 Å². The molecule has 1 N–H and O–H groups in total. The molecule has 4 aromatic rings. The number of rotatable bonds is 5. The minimum atomic E-state index is -0.322. The smallest absolute Gasteiger partial charge is 0.253 e. The average molecular weight is 498 g/mol. The predicted molar refractivity (Wildman–Crippen MR) is 140 cm³/mol. The third-order valence-electron chi connectivity index (χ3n) is 7.33. The van der Waals surface area contributed by atoms with Crippen molar-refractivity contribution in [1.82, 2.24) is 24.9 Å². The summed E-state index contributed by atoms with van der Waals surface area (Å²) < 4.78 is 15.6. The van der Waals surface area contributed by atoms with Gasteiger partial charge in [0.15, 0.2) is 0 Å². The minimum absolute atomic E-state index is 0.0266. The van der Waals surface area contributed by atoms with Crippen molar-refractivity contribution >= 4 is 22.7 Å². The summed E-state index contributed by atoms with van der Waals surface area (Å²) in [5.41, 5.74) is 3.53. The fraction of sp³-hybridized carbons (Fsp3) is 0.276. The van der Waals surface area contributed by atoms with Crippen LogP contribution in [0.15, 0.2) is 72.8 Å². The number of carbonyl (C=O) groups excluding carboxylic acids is 2. The average Bonchev–Trinajstić information content (AvgIpc) is 3.50. The number of fused-ring (bicyclic) bond motifs is 1. The zero-order valence-electron chi connectivity index (χ0n) is 20.6. The van der Waals surface area contributed by atoms with E-state index < -0.39 is 0 Å². The van der Waals surface area contributed by atoms with Gasteiger partial charge < -0.3 is 15.1 Å². The second-order valence-corrected chi connectivity index (χ2v) is 9.89. The topological polar surface area (TPSA) is 70.5 Å². The van der Waals surface area contributed by atoms with Crippen LogP contribution in [0.2, 0.25) is 0 Å². The minimum Gasteiger partial charge on any atom is -0.337 e. The van der Waals surface area contributed by atoms with Crippen molar-refractivity contribution < 1.29 is 14.0 Å². The van der Waals surface area contributed by atoms with E-state index in [1.807, 2.05) is 71.4 Å². The third kappa shape index (κ3) is 4.49. The van der Waals surface area contributed by atoms with Crippen LogP contribution in [0, 0.1) is 5.82 Å². The first-order valence-corrected chi connectivity index (χ1v) is 12.6. The summed E-state index contributed by atoms with van der Waals surface area (Å²) in [6.45, 7) is 2.67. The molecular weight excluding hydrogens is 469 g/mol. The fourth-order valence-electron chi connectivity index (χ4n) is 5.36. The van der Waals surface area contributed by atoms with E-state index in [0.717, 1.165) is 29.4 Å². The number of nitrogens with one attached hydrogen (secondary N) is 1. The van der Waals surface area contributed by atoms with Crippen LogP contribution in [0.1, 0.15) is 27.1 Å². The maximum atomic E-state index is 13.8. The van der Waals surface area contributed by atoms with E-state index >= 15 is 0 Å². The summed E-state index contributed by atoms with van der Waals surface area (Å²) >= 11 is 0. The lowest BCUT2D eigenvalue weighted by atomic mass is 10.0. The number of hydrogen-bond donors (Lipinski definition) is 1. The summed E-state index contributed by atoms with van der Waals surface area (Å²) in [5, 5.41) is 9.02. The molecule has 188 valence electrons. The summed E-state index contributed by atoms with van der Waals surface area (Å²) in [6.07, 6.45) is 0.906. The van der Waals surface area contributed by atoms with Crippen molar-refractivity contribution in [2.24, 2.45) is 7.05 Å². The monoisotopic (exact) mass is 497 g/mol. The Balaban J connectivity index is 1.09. The Morgan fingerprint density at radius 1 is 0.865 bits per heavy atom. The normalized spacial score (nSPS) is 17.8. The van der Waals surface area contributed by atoms with Gasteiger partial charge in [-0.15, -0.1) is 0 Å². The van der Waals surface area contributed by atoms with Gasteiger partial charge in [-0.3, -0.25) is 14.3 Å². The Hall–Kier alpha value is -4.04. The first-order valence-electron chi connectivity index (χ1n) is 12.6. The highest BCUT2D eigenvalue weighted by molar-refractivity contribution is 6.02. The quantitative estimate of drug-likeness (QED) is 0.457. The van der Waals surface area contributed by atoms with Gasteiger partial charge >= 0.3 is 0 Å². The van der Waals surface area contributed by atoms with E-state index in [1.165, 1.54) is 12.1 Å². The standard InChI is InChI=1S/C29H28FN5O2/c1-33-26-11-10-21(15-25(26)27(32-33)20-8-5-9-22(30)14-20)29(37)35-17-24(18-35)31-23-12-13-34(16-23)28(36)19-6-3-2-4-7-19/h2-11,14-15,23-24,31H,12-13,16-18H2,1H3. The molecule has 0 radical (unpaired) electrons. The number of amides is 2. The SMILES string of the molecule is Cn1nc(-c2cccc(F)c2)c2cc(C(=O)N3CC(NC4CCN(C(=O)c5ccccc5)C4)C3)ccc21. The van der Waals surface area contributed by atoms with Gasteiger partial charge in [0.25, 0.3) is 11.8 Å². The molecule has 7 nitrogen and oxygen atoms in total. The molecule has 2 fully saturated rings. The number of halogens is 1. The van der Waals surface area contributed by atoms with E-state index in [-0.39, 0.29) is 29.7 Å². The van der Waals surface area contributed by atoms with Crippen molar-refractivity contribution in [3.63, 3.8) is 0 Å². The number of nitrogens with zero attached hydrogens (tertiary/aromatic N) is 4. The van der Waals surface area contributed by atoms with Crippen LogP contribution < -0.4 is 5.32 Å². The molecule has 3 aromatic carbocycles. The molecule has 1 unspecified atom stereocenters. The van der Waals surface area contributed by atoms with Gasteiger partial charge in [0.2, 0.25) is 0 Å². The lowest BCUT2D eigenvalue weighted by Crippen LogP contribution is -2.62. The zero-order valence-corrected chi connectivity index (χ0v) is 20.6. The molecule has 37 heavy (non-hydrogen) atoms. The van der Waals surface area contributed by atoms with Crippen molar-refractivity contribution in [2.75, 3.05) is 26.2 Å². The van der Waals surface area contributed by atoms with Gasteiger partial charge in [0.1, 0.15) is 11.5 Å².